The fraction of sp³-hybridized carbons (Fsp3) is 0.647. The largest absolute Gasteiger partial charge is 0.297 e. The fourth-order valence-corrected chi connectivity index (χ4v) is 4.58. The van der Waals surface area contributed by atoms with Gasteiger partial charge in [0, 0.05) is 0 Å². The molecule has 1 aliphatic carbocycles. The zero-order valence-electron chi connectivity index (χ0n) is 13.3. The molecule has 21 heavy (non-hydrogen) atoms. The van der Waals surface area contributed by atoms with E-state index in [0.717, 1.165) is 42.7 Å². The summed E-state index contributed by atoms with van der Waals surface area (Å²) in [6.07, 6.45) is 6.18. The van der Waals surface area contributed by atoms with Gasteiger partial charge in [0.2, 0.25) is 0 Å². The SMILES string of the molecule is CCCC1CCC(OS(=O)(=O)c2ccc(C)cc2C)CC1. The van der Waals surface area contributed by atoms with Crippen LogP contribution in [0.4, 0.5) is 0 Å². The van der Waals surface area contributed by atoms with E-state index in [2.05, 4.69) is 6.92 Å². The van der Waals surface area contributed by atoms with Gasteiger partial charge in [-0.2, -0.15) is 8.42 Å². The van der Waals surface area contributed by atoms with E-state index in [1.807, 2.05) is 26.0 Å². The highest BCUT2D eigenvalue weighted by molar-refractivity contribution is 7.86. The van der Waals surface area contributed by atoms with Crippen LogP contribution >= 0.6 is 0 Å². The molecule has 118 valence electrons. The molecule has 0 N–H and O–H groups in total. The summed E-state index contributed by atoms with van der Waals surface area (Å²) in [6, 6.07) is 5.36. The Labute approximate surface area is 128 Å². The molecular weight excluding hydrogens is 284 g/mol. The quantitative estimate of drug-likeness (QED) is 0.759. The molecule has 0 spiro atoms. The van der Waals surface area contributed by atoms with E-state index in [9.17, 15) is 8.42 Å². The molecule has 0 radical (unpaired) electrons. The normalized spacial score (nSPS) is 23.2. The summed E-state index contributed by atoms with van der Waals surface area (Å²) >= 11 is 0. The zero-order chi connectivity index (χ0) is 15.5. The van der Waals surface area contributed by atoms with E-state index < -0.39 is 10.1 Å². The number of rotatable bonds is 5. The van der Waals surface area contributed by atoms with Crippen LogP contribution in [-0.4, -0.2) is 14.5 Å². The lowest BCUT2D eigenvalue weighted by molar-refractivity contribution is 0.134. The molecule has 0 heterocycles. The first-order valence-electron chi connectivity index (χ1n) is 7.93. The van der Waals surface area contributed by atoms with Crippen molar-refractivity contribution < 1.29 is 12.6 Å². The van der Waals surface area contributed by atoms with E-state index >= 15 is 0 Å². The Bertz CT molecular complexity index is 570. The molecule has 1 aliphatic rings. The van der Waals surface area contributed by atoms with Crippen LogP contribution in [0.25, 0.3) is 0 Å². The maximum atomic E-state index is 12.4. The smallest absolute Gasteiger partial charge is 0.263 e. The Kier molecular flexibility index (Phi) is 5.44. The summed E-state index contributed by atoms with van der Waals surface area (Å²) in [5.41, 5.74) is 1.82. The molecule has 4 heteroatoms. The first-order chi connectivity index (χ1) is 9.92. The third-order valence-electron chi connectivity index (χ3n) is 4.35. The Morgan fingerprint density at radius 1 is 1.14 bits per heavy atom. The van der Waals surface area contributed by atoms with E-state index in [1.165, 1.54) is 12.8 Å². The molecule has 0 aliphatic heterocycles. The maximum Gasteiger partial charge on any atom is 0.297 e. The first kappa shape index (κ1) is 16.5. The van der Waals surface area contributed by atoms with Crippen LogP contribution in [0.1, 0.15) is 56.6 Å². The van der Waals surface area contributed by atoms with Crippen molar-refractivity contribution >= 4 is 10.1 Å². The Balaban J connectivity index is 2.02. The number of hydrogen-bond acceptors (Lipinski definition) is 3. The summed E-state index contributed by atoms with van der Waals surface area (Å²) in [4.78, 5) is 0.309. The minimum atomic E-state index is -3.64. The summed E-state index contributed by atoms with van der Waals surface area (Å²) in [5.74, 6) is 0.749. The molecule has 0 unspecified atom stereocenters. The molecule has 0 bridgehead atoms. The van der Waals surface area contributed by atoms with Gasteiger partial charge < -0.3 is 0 Å². The molecule has 3 nitrogen and oxygen atoms in total. The predicted octanol–water partition coefficient (Wildman–Crippen LogP) is 4.37. The average molecular weight is 310 g/mol. The van der Waals surface area contributed by atoms with Gasteiger partial charge in [-0.25, -0.2) is 0 Å². The van der Waals surface area contributed by atoms with E-state index in [1.54, 1.807) is 6.07 Å². The topological polar surface area (TPSA) is 43.4 Å². The molecular formula is C17H26O3S. The van der Waals surface area contributed by atoms with Gasteiger partial charge in [-0.1, -0.05) is 37.5 Å². The van der Waals surface area contributed by atoms with Gasteiger partial charge in [0.15, 0.2) is 0 Å². The van der Waals surface area contributed by atoms with E-state index in [0.29, 0.717) is 4.90 Å². The molecule has 0 saturated heterocycles. The second-order valence-electron chi connectivity index (χ2n) is 6.25. The zero-order valence-corrected chi connectivity index (χ0v) is 14.1. The van der Waals surface area contributed by atoms with Gasteiger partial charge in [-0.05, 0) is 57.1 Å². The molecule has 1 aromatic rings. The van der Waals surface area contributed by atoms with Crippen LogP contribution < -0.4 is 0 Å². The van der Waals surface area contributed by atoms with Crippen LogP contribution in [0.2, 0.25) is 0 Å². The summed E-state index contributed by atoms with van der Waals surface area (Å²) in [5, 5.41) is 0. The molecule has 2 rings (SSSR count). The van der Waals surface area contributed by atoms with Gasteiger partial charge in [0.1, 0.15) is 0 Å². The van der Waals surface area contributed by atoms with Crippen molar-refractivity contribution in [1.29, 1.82) is 0 Å². The lowest BCUT2D eigenvalue weighted by Crippen LogP contribution is -2.25. The maximum absolute atomic E-state index is 12.4. The van der Waals surface area contributed by atoms with Crippen LogP contribution in [-0.2, 0) is 14.3 Å². The number of benzene rings is 1. The van der Waals surface area contributed by atoms with Gasteiger partial charge in [-0.15, -0.1) is 0 Å². The Hall–Kier alpha value is -0.870. The highest BCUT2D eigenvalue weighted by Crippen LogP contribution is 2.31. The second kappa shape index (κ2) is 6.93. The fourth-order valence-electron chi connectivity index (χ4n) is 3.24. The van der Waals surface area contributed by atoms with E-state index in [-0.39, 0.29) is 6.10 Å². The lowest BCUT2D eigenvalue weighted by Gasteiger charge is -2.28. The van der Waals surface area contributed by atoms with Gasteiger partial charge >= 0.3 is 0 Å². The highest BCUT2D eigenvalue weighted by Gasteiger charge is 2.27. The molecule has 1 fully saturated rings. The van der Waals surface area contributed by atoms with Crippen molar-refractivity contribution in [3.05, 3.63) is 29.3 Å². The summed E-state index contributed by atoms with van der Waals surface area (Å²) in [6.45, 7) is 5.98. The monoisotopic (exact) mass is 310 g/mol. The average Bonchev–Trinajstić information content (AvgIpc) is 2.40. The Morgan fingerprint density at radius 3 is 2.38 bits per heavy atom. The number of aryl methyl sites for hydroxylation is 2. The summed E-state index contributed by atoms with van der Waals surface area (Å²) in [7, 11) is -3.64. The van der Waals surface area contributed by atoms with Gasteiger partial charge in [0.25, 0.3) is 10.1 Å². The predicted molar refractivity (Wildman–Crippen MR) is 84.8 cm³/mol. The molecule has 0 amide bonds. The molecule has 1 aromatic carbocycles. The second-order valence-corrected chi connectivity index (χ2v) is 7.79. The van der Waals surface area contributed by atoms with Crippen molar-refractivity contribution in [1.82, 2.24) is 0 Å². The highest BCUT2D eigenvalue weighted by atomic mass is 32.2. The third kappa shape index (κ3) is 4.30. The van der Waals surface area contributed by atoms with Crippen LogP contribution in [0.3, 0.4) is 0 Å². The standard InChI is InChI=1S/C17H26O3S/c1-4-5-15-7-9-16(10-8-15)20-21(18,19)17-11-6-13(2)12-14(17)3/h6,11-12,15-16H,4-5,7-10H2,1-3H3. The number of hydrogen-bond donors (Lipinski definition) is 0. The molecule has 1 saturated carbocycles. The molecule has 0 atom stereocenters. The van der Waals surface area contributed by atoms with Crippen LogP contribution in [0.15, 0.2) is 23.1 Å². The minimum absolute atomic E-state index is 0.149. The van der Waals surface area contributed by atoms with Crippen molar-refractivity contribution in [3.63, 3.8) is 0 Å². The first-order valence-corrected chi connectivity index (χ1v) is 9.33. The Morgan fingerprint density at radius 2 is 1.81 bits per heavy atom. The minimum Gasteiger partial charge on any atom is -0.263 e. The van der Waals surface area contributed by atoms with Crippen molar-refractivity contribution in [2.24, 2.45) is 5.92 Å². The third-order valence-corrected chi connectivity index (χ3v) is 5.88. The molecule has 0 aromatic heterocycles. The van der Waals surface area contributed by atoms with Gasteiger partial charge in [0.05, 0.1) is 11.0 Å². The van der Waals surface area contributed by atoms with Crippen LogP contribution in [0, 0.1) is 19.8 Å². The van der Waals surface area contributed by atoms with E-state index in [4.69, 9.17) is 4.18 Å². The van der Waals surface area contributed by atoms with Crippen molar-refractivity contribution in [3.8, 4) is 0 Å². The van der Waals surface area contributed by atoms with Crippen LogP contribution in [0.5, 0.6) is 0 Å². The lowest BCUT2D eigenvalue weighted by atomic mass is 9.85. The van der Waals surface area contributed by atoms with Crippen molar-refractivity contribution in [2.75, 3.05) is 0 Å². The van der Waals surface area contributed by atoms with Gasteiger partial charge in [-0.3, -0.25) is 4.18 Å². The summed E-state index contributed by atoms with van der Waals surface area (Å²) < 4.78 is 30.3. The van der Waals surface area contributed by atoms with Crippen molar-refractivity contribution in [2.45, 2.75) is 70.3 Å².